The van der Waals surface area contributed by atoms with Crippen LogP contribution in [-0.2, 0) is 6.54 Å². The molecule has 0 unspecified atom stereocenters. The second kappa shape index (κ2) is 8.52. The van der Waals surface area contributed by atoms with Crippen LogP contribution in [-0.4, -0.2) is 30.8 Å². The Morgan fingerprint density at radius 3 is 2.53 bits per heavy atom. The van der Waals surface area contributed by atoms with Crippen molar-refractivity contribution >= 4 is 5.91 Å². The highest BCUT2D eigenvalue weighted by Crippen LogP contribution is 2.21. The topological polar surface area (TPSA) is 93.6 Å². The molecule has 7 nitrogen and oxygen atoms in total. The summed E-state index contributed by atoms with van der Waals surface area (Å²) in [4.78, 5) is 33.0. The van der Waals surface area contributed by atoms with E-state index in [1.165, 1.54) is 6.07 Å². The molecule has 0 aliphatic carbocycles. The molecule has 0 aliphatic heterocycles. The van der Waals surface area contributed by atoms with E-state index in [4.69, 9.17) is 0 Å². The van der Waals surface area contributed by atoms with Crippen molar-refractivity contribution in [3.05, 3.63) is 90.3 Å². The first-order valence-corrected chi connectivity index (χ1v) is 9.18. The number of carbonyl (C=O) groups is 1. The SMILES string of the molecule is Cc1cc(-c2ncc(CNC(=O)c3ccc(-c4cnccn4)cn3)cc2F)ccn1. The van der Waals surface area contributed by atoms with E-state index >= 15 is 0 Å². The molecular weight excluding hydrogens is 383 g/mol. The fourth-order valence-corrected chi connectivity index (χ4v) is 2.88. The number of nitrogens with one attached hydrogen (secondary N) is 1. The standard InChI is InChI=1S/C22H17FN6O/c1-14-8-16(4-5-25-14)21-18(23)9-15(10-28-21)11-29-22(30)19-3-2-17(12-27-19)20-13-24-6-7-26-20/h2-10,12-13H,11H2,1H3,(H,29,30). The van der Waals surface area contributed by atoms with Crippen molar-refractivity contribution in [2.45, 2.75) is 13.5 Å². The van der Waals surface area contributed by atoms with Crippen molar-refractivity contribution in [2.24, 2.45) is 0 Å². The summed E-state index contributed by atoms with van der Waals surface area (Å²) in [7, 11) is 0. The predicted octanol–water partition coefficient (Wildman–Crippen LogP) is 3.37. The lowest BCUT2D eigenvalue weighted by Gasteiger charge is -2.08. The van der Waals surface area contributed by atoms with Crippen molar-refractivity contribution in [3.8, 4) is 22.5 Å². The maximum atomic E-state index is 14.5. The lowest BCUT2D eigenvalue weighted by Crippen LogP contribution is -2.23. The Morgan fingerprint density at radius 2 is 1.83 bits per heavy atom. The monoisotopic (exact) mass is 400 g/mol. The fraction of sp³-hybridized carbons (Fsp3) is 0.0909. The lowest BCUT2D eigenvalue weighted by molar-refractivity contribution is 0.0946. The van der Waals surface area contributed by atoms with Crippen molar-refractivity contribution in [3.63, 3.8) is 0 Å². The van der Waals surface area contributed by atoms with Crippen LogP contribution in [0.3, 0.4) is 0 Å². The molecule has 0 fully saturated rings. The number of carbonyl (C=O) groups excluding carboxylic acids is 1. The molecule has 8 heteroatoms. The Morgan fingerprint density at radius 1 is 0.933 bits per heavy atom. The summed E-state index contributed by atoms with van der Waals surface area (Å²) in [6.45, 7) is 1.96. The molecule has 148 valence electrons. The molecule has 4 aromatic rings. The van der Waals surface area contributed by atoms with Gasteiger partial charge in [-0.25, -0.2) is 4.39 Å². The Hall–Kier alpha value is -4.07. The Labute approximate surface area is 172 Å². The van der Waals surface area contributed by atoms with Crippen LogP contribution < -0.4 is 5.32 Å². The summed E-state index contributed by atoms with van der Waals surface area (Å²) in [6.07, 6.45) is 9.51. The summed E-state index contributed by atoms with van der Waals surface area (Å²) in [6, 6.07) is 8.19. The molecule has 0 radical (unpaired) electrons. The van der Waals surface area contributed by atoms with E-state index in [0.29, 0.717) is 16.8 Å². The van der Waals surface area contributed by atoms with Crippen LogP contribution in [0.1, 0.15) is 21.7 Å². The van der Waals surface area contributed by atoms with Crippen molar-refractivity contribution in [2.75, 3.05) is 0 Å². The molecule has 4 aromatic heterocycles. The van der Waals surface area contributed by atoms with Gasteiger partial charge in [0.05, 0.1) is 11.9 Å². The molecule has 0 aliphatic rings. The average Bonchev–Trinajstić information content (AvgIpc) is 2.78. The number of hydrogen-bond donors (Lipinski definition) is 1. The quantitative estimate of drug-likeness (QED) is 0.552. The van der Waals surface area contributed by atoms with Gasteiger partial charge in [0.2, 0.25) is 0 Å². The Kier molecular flexibility index (Phi) is 5.47. The van der Waals surface area contributed by atoms with Crippen LogP contribution in [0.15, 0.2) is 67.5 Å². The molecular formula is C22H17FN6O. The maximum absolute atomic E-state index is 14.5. The smallest absolute Gasteiger partial charge is 0.270 e. The minimum absolute atomic E-state index is 0.131. The first-order chi connectivity index (χ1) is 14.6. The van der Waals surface area contributed by atoms with E-state index in [1.54, 1.807) is 61.4 Å². The Balaban J connectivity index is 1.42. The van der Waals surface area contributed by atoms with E-state index in [0.717, 1.165) is 11.3 Å². The lowest BCUT2D eigenvalue weighted by atomic mass is 10.1. The van der Waals surface area contributed by atoms with Crippen molar-refractivity contribution < 1.29 is 9.18 Å². The molecule has 4 rings (SSSR count). The molecule has 0 spiro atoms. The molecule has 0 aromatic carbocycles. The van der Waals surface area contributed by atoms with Gasteiger partial charge in [-0.15, -0.1) is 0 Å². The molecule has 0 saturated carbocycles. The number of rotatable bonds is 5. The summed E-state index contributed by atoms with van der Waals surface area (Å²) >= 11 is 0. The van der Waals surface area contributed by atoms with Crippen molar-refractivity contribution in [1.82, 2.24) is 30.2 Å². The summed E-state index contributed by atoms with van der Waals surface area (Å²) < 4.78 is 14.5. The van der Waals surface area contributed by atoms with Crippen LogP contribution in [0.4, 0.5) is 4.39 Å². The largest absolute Gasteiger partial charge is 0.347 e. The molecule has 0 saturated heterocycles. The van der Waals surface area contributed by atoms with E-state index in [2.05, 4.69) is 30.2 Å². The van der Waals surface area contributed by atoms with E-state index in [-0.39, 0.29) is 23.8 Å². The van der Waals surface area contributed by atoms with E-state index < -0.39 is 5.82 Å². The van der Waals surface area contributed by atoms with Gasteiger partial charge in [0.15, 0.2) is 0 Å². The molecule has 30 heavy (non-hydrogen) atoms. The predicted molar refractivity (Wildman–Crippen MR) is 109 cm³/mol. The second-order valence-corrected chi connectivity index (χ2v) is 6.57. The third kappa shape index (κ3) is 4.33. The highest BCUT2D eigenvalue weighted by Gasteiger charge is 2.11. The van der Waals surface area contributed by atoms with E-state index in [1.807, 2.05) is 6.92 Å². The van der Waals surface area contributed by atoms with Crippen LogP contribution in [0.5, 0.6) is 0 Å². The van der Waals surface area contributed by atoms with Gasteiger partial charge >= 0.3 is 0 Å². The number of amides is 1. The second-order valence-electron chi connectivity index (χ2n) is 6.57. The van der Waals surface area contributed by atoms with Crippen LogP contribution in [0.25, 0.3) is 22.5 Å². The molecule has 4 heterocycles. The van der Waals surface area contributed by atoms with Crippen molar-refractivity contribution in [1.29, 1.82) is 0 Å². The van der Waals surface area contributed by atoms with Gasteiger partial charge in [-0.2, -0.15) is 0 Å². The summed E-state index contributed by atoms with van der Waals surface area (Å²) in [5.74, 6) is -0.825. The van der Waals surface area contributed by atoms with Crippen LogP contribution >= 0.6 is 0 Å². The summed E-state index contributed by atoms with van der Waals surface area (Å²) in [5.41, 5.74) is 3.91. The number of aryl methyl sites for hydroxylation is 1. The van der Waals surface area contributed by atoms with Gasteiger partial charge in [0, 0.05) is 54.3 Å². The number of halogens is 1. The summed E-state index contributed by atoms with van der Waals surface area (Å²) in [5, 5.41) is 2.72. The highest BCUT2D eigenvalue weighted by molar-refractivity contribution is 5.92. The molecule has 1 amide bonds. The molecule has 0 atom stereocenters. The zero-order valence-electron chi connectivity index (χ0n) is 16.1. The van der Waals surface area contributed by atoms with Gasteiger partial charge in [0.1, 0.15) is 17.2 Å². The third-order valence-electron chi connectivity index (χ3n) is 4.38. The maximum Gasteiger partial charge on any atom is 0.270 e. The zero-order chi connectivity index (χ0) is 20.9. The van der Waals surface area contributed by atoms with Gasteiger partial charge in [-0.1, -0.05) is 0 Å². The minimum Gasteiger partial charge on any atom is -0.347 e. The highest BCUT2D eigenvalue weighted by atomic mass is 19.1. The van der Waals surface area contributed by atoms with E-state index in [9.17, 15) is 9.18 Å². The van der Waals surface area contributed by atoms with Gasteiger partial charge in [-0.3, -0.25) is 29.7 Å². The number of aromatic nitrogens is 5. The normalized spacial score (nSPS) is 10.6. The number of hydrogen-bond acceptors (Lipinski definition) is 6. The third-order valence-corrected chi connectivity index (χ3v) is 4.38. The van der Waals surface area contributed by atoms with Crippen LogP contribution in [0, 0.1) is 12.7 Å². The first kappa shape index (κ1) is 19.3. The average molecular weight is 400 g/mol. The first-order valence-electron chi connectivity index (χ1n) is 9.18. The van der Waals surface area contributed by atoms with Gasteiger partial charge < -0.3 is 5.32 Å². The molecule has 1 N–H and O–H groups in total. The van der Waals surface area contributed by atoms with Gasteiger partial charge in [0.25, 0.3) is 5.91 Å². The number of pyridine rings is 3. The van der Waals surface area contributed by atoms with Crippen LogP contribution in [0.2, 0.25) is 0 Å². The van der Waals surface area contributed by atoms with Gasteiger partial charge in [-0.05, 0) is 42.8 Å². The zero-order valence-corrected chi connectivity index (χ0v) is 16.1. The Bertz CT molecular complexity index is 1180. The minimum atomic E-state index is -0.459. The fourth-order valence-electron chi connectivity index (χ4n) is 2.88. The molecule has 0 bridgehead atoms. The number of nitrogens with zero attached hydrogens (tertiary/aromatic N) is 5.